The number of pyridine rings is 1. The van der Waals surface area contributed by atoms with Crippen molar-refractivity contribution < 1.29 is 14.5 Å². The Morgan fingerprint density at radius 2 is 2.00 bits per heavy atom. The Labute approximate surface area is 131 Å². The van der Waals surface area contributed by atoms with Gasteiger partial charge in [-0.15, -0.1) is 0 Å². The van der Waals surface area contributed by atoms with Crippen LogP contribution in [0.15, 0.2) is 35.1 Å². The summed E-state index contributed by atoms with van der Waals surface area (Å²) in [5, 5.41) is 11.4. The molecule has 0 N–H and O–H groups in total. The molecule has 7 heteroatoms. The largest absolute Gasteiger partial charge is 0.461 e. The zero-order valence-corrected chi connectivity index (χ0v) is 12.4. The van der Waals surface area contributed by atoms with E-state index < -0.39 is 10.9 Å². The first-order chi connectivity index (χ1) is 11.0. The number of carbonyl (C=O) groups is 1. The predicted molar refractivity (Wildman–Crippen MR) is 83.2 cm³/mol. The van der Waals surface area contributed by atoms with Gasteiger partial charge in [0.1, 0.15) is 12.6 Å². The summed E-state index contributed by atoms with van der Waals surface area (Å²) in [5.41, 5.74) is 0.0810. The standard InChI is InChI=1S/C16H16N2O5/c19-15-8-5-11-9-12(18(21)22)6-7-14(11)17(15)10-16(20)23-13-3-1-2-4-13/h5-9,13H,1-4,10H2. The van der Waals surface area contributed by atoms with Crippen molar-refractivity contribution in [3.8, 4) is 0 Å². The lowest BCUT2D eigenvalue weighted by atomic mass is 10.2. The molecular weight excluding hydrogens is 300 g/mol. The summed E-state index contributed by atoms with van der Waals surface area (Å²) in [6.45, 7) is -0.190. The van der Waals surface area contributed by atoms with Crippen LogP contribution < -0.4 is 5.56 Å². The van der Waals surface area contributed by atoms with Crippen molar-refractivity contribution in [2.24, 2.45) is 0 Å². The Kier molecular flexibility index (Phi) is 4.10. The molecule has 1 heterocycles. The molecule has 1 aromatic carbocycles. The van der Waals surface area contributed by atoms with E-state index >= 15 is 0 Å². The summed E-state index contributed by atoms with van der Waals surface area (Å²) >= 11 is 0. The third kappa shape index (κ3) is 3.23. The molecule has 3 rings (SSSR count). The van der Waals surface area contributed by atoms with Crippen molar-refractivity contribution in [2.45, 2.75) is 38.3 Å². The van der Waals surface area contributed by atoms with Crippen LogP contribution in [0, 0.1) is 10.1 Å². The molecular formula is C16H16N2O5. The van der Waals surface area contributed by atoms with Crippen molar-refractivity contribution in [3.63, 3.8) is 0 Å². The van der Waals surface area contributed by atoms with Gasteiger partial charge in [0.25, 0.3) is 11.2 Å². The highest BCUT2D eigenvalue weighted by molar-refractivity contribution is 5.83. The molecule has 0 saturated heterocycles. The van der Waals surface area contributed by atoms with Gasteiger partial charge in [0.2, 0.25) is 0 Å². The Morgan fingerprint density at radius 1 is 1.26 bits per heavy atom. The van der Waals surface area contributed by atoms with Crippen LogP contribution in [0.1, 0.15) is 25.7 Å². The van der Waals surface area contributed by atoms with Gasteiger partial charge >= 0.3 is 5.97 Å². The second-order valence-corrected chi connectivity index (χ2v) is 5.65. The van der Waals surface area contributed by atoms with Crippen LogP contribution in [0.5, 0.6) is 0 Å². The van der Waals surface area contributed by atoms with Crippen LogP contribution >= 0.6 is 0 Å². The molecule has 7 nitrogen and oxygen atoms in total. The van der Waals surface area contributed by atoms with E-state index in [0.717, 1.165) is 25.7 Å². The van der Waals surface area contributed by atoms with Gasteiger partial charge in [0.15, 0.2) is 0 Å². The van der Waals surface area contributed by atoms with E-state index in [4.69, 9.17) is 4.74 Å². The number of fused-ring (bicyclic) bond motifs is 1. The smallest absolute Gasteiger partial charge is 0.326 e. The van der Waals surface area contributed by atoms with E-state index in [1.807, 2.05) is 0 Å². The zero-order chi connectivity index (χ0) is 16.4. The minimum absolute atomic E-state index is 0.0590. The first-order valence-electron chi connectivity index (χ1n) is 7.52. The first-order valence-corrected chi connectivity index (χ1v) is 7.52. The summed E-state index contributed by atoms with van der Waals surface area (Å²) in [6.07, 6.45) is 3.77. The Morgan fingerprint density at radius 3 is 2.70 bits per heavy atom. The normalized spacial score (nSPS) is 15.0. The van der Waals surface area contributed by atoms with E-state index in [1.165, 1.54) is 34.9 Å². The van der Waals surface area contributed by atoms with Crippen molar-refractivity contribution in [2.75, 3.05) is 0 Å². The van der Waals surface area contributed by atoms with Gasteiger partial charge in [-0.25, -0.2) is 0 Å². The second kappa shape index (κ2) is 6.20. The summed E-state index contributed by atoms with van der Waals surface area (Å²) < 4.78 is 6.66. The number of rotatable bonds is 4. The summed E-state index contributed by atoms with van der Waals surface area (Å²) in [7, 11) is 0. The molecule has 1 fully saturated rings. The van der Waals surface area contributed by atoms with Gasteiger partial charge in [0.05, 0.1) is 10.4 Å². The highest BCUT2D eigenvalue weighted by atomic mass is 16.6. The van der Waals surface area contributed by atoms with E-state index in [2.05, 4.69) is 0 Å². The molecule has 0 atom stereocenters. The van der Waals surface area contributed by atoms with Crippen LogP contribution in [-0.4, -0.2) is 21.6 Å². The summed E-state index contributed by atoms with van der Waals surface area (Å²) in [4.78, 5) is 34.4. The molecule has 2 aromatic rings. The van der Waals surface area contributed by atoms with Gasteiger partial charge in [-0.3, -0.25) is 24.3 Å². The maximum Gasteiger partial charge on any atom is 0.326 e. The lowest BCUT2D eigenvalue weighted by Gasteiger charge is -2.13. The van der Waals surface area contributed by atoms with Gasteiger partial charge in [0, 0.05) is 23.6 Å². The number of non-ortho nitro benzene ring substituents is 1. The third-order valence-electron chi connectivity index (χ3n) is 4.07. The number of aromatic nitrogens is 1. The number of nitro groups is 1. The fourth-order valence-corrected chi connectivity index (χ4v) is 2.93. The molecule has 1 saturated carbocycles. The topological polar surface area (TPSA) is 91.4 Å². The number of ether oxygens (including phenoxy) is 1. The fourth-order valence-electron chi connectivity index (χ4n) is 2.93. The second-order valence-electron chi connectivity index (χ2n) is 5.65. The number of nitro benzene ring substituents is 1. The molecule has 0 aliphatic heterocycles. The highest BCUT2D eigenvalue weighted by Gasteiger charge is 2.20. The number of hydrogen-bond acceptors (Lipinski definition) is 5. The molecule has 23 heavy (non-hydrogen) atoms. The average Bonchev–Trinajstić information content (AvgIpc) is 3.02. The molecule has 0 bridgehead atoms. The van der Waals surface area contributed by atoms with Crippen molar-refractivity contribution in [1.82, 2.24) is 4.57 Å². The summed E-state index contributed by atoms with van der Waals surface area (Å²) in [5.74, 6) is -0.454. The SMILES string of the molecule is O=C(Cn1c(=O)ccc2cc([N+](=O)[O-])ccc21)OC1CCCC1. The summed E-state index contributed by atoms with van der Waals surface area (Å²) in [6, 6.07) is 7.00. The van der Waals surface area contributed by atoms with Gasteiger partial charge in [-0.1, -0.05) is 0 Å². The predicted octanol–water partition coefficient (Wildman–Crippen LogP) is 2.40. The van der Waals surface area contributed by atoms with E-state index in [1.54, 1.807) is 0 Å². The average molecular weight is 316 g/mol. The monoisotopic (exact) mass is 316 g/mol. The van der Waals surface area contributed by atoms with Gasteiger partial charge in [-0.05, 0) is 37.8 Å². The molecule has 0 amide bonds. The van der Waals surface area contributed by atoms with Crippen LogP contribution in [0.25, 0.3) is 10.9 Å². The van der Waals surface area contributed by atoms with Crippen molar-refractivity contribution in [1.29, 1.82) is 0 Å². The number of carbonyl (C=O) groups excluding carboxylic acids is 1. The van der Waals surface area contributed by atoms with E-state index in [0.29, 0.717) is 10.9 Å². The molecule has 1 aliphatic rings. The molecule has 1 aromatic heterocycles. The van der Waals surface area contributed by atoms with E-state index in [-0.39, 0.29) is 23.9 Å². The molecule has 120 valence electrons. The van der Waals surface area contributed by atoms with Crippen LogP contribution in [0.2, 0.25) is 0 Å². The Balaban J connectivity index is 1.89. The minimum Gasteiger partial charge on any atom is -0.461 e. The number of benzene rings is 1. The van der Waals surface area contributed by atoms with Gasteiger partial charge in [-0.2, -0.15) is 0 Å². The number of esters is 1. The molecule has 0 unspecified atom stereocenters. The Hall–Kier alpha value is -2.70. The third-order valence-corrected chi connectivity index (χ3v) is 4.07. The number of nitrogens with zero attached hydrogens (tertiary/aromatic N) is 2. The van der Waals surface area contributed by atoms with Crippen LogP contribution in [0.3, 0.4) is 0 Å². The maximum absolute atomic E-state index is 12.0. The van der Waals surface area contributed by atoms with Gasteiger partial charge < -0.3 is 4.74 Å². The van der Waals surface area contributed by atoms with Crippen LogP contribution in [0.4, 0.5) is 5.69 Å². The fraction of sp³-hybridized carbons (Fsp3) is 0.375. The first kappa shape index (κ1) is 15.2. The maximum atomic E-state index is 12.0. The highest BCUT2D eigenvalue weighted by Crippen LogP contribution is 2.22. The molecule has 0 spiro atoms. The van der Waals surface area contributed by atoms with Crippen molar-refractivity contribution >= 4 is 22.6 Å². The Bertz CT molecular complexity index is 821. The minimum atomic E-state index is -0.497. The number of hydrogen-bond donors (Lipinski definition) is 0. The zero-order valence-electron chi connectivity index (χ0n) is 12.4. The van der Waals surface area contributed by atoms with Crippen LogP contribution in [-0.2, 0) is 16.1 Å². The quantitative estimate of drug-likeness (QED) is 0.490. The molecule has 0 radical (unpaired) electrons. The van der Waals surface area contributed by atoms with E-state index in [9.17, 15) is 19.7 Å². The lowest BCUT2D eigenvalue weighted by molar-refractivity contribution is -0.384. The lowest BCUT2D eigenvalue weighted by Crippen LogP contribution is -2.27. The van der Waals surface area contributed by atoms with Crippen molar-refractivity contribution in [3.05, 3.63) is 50.8 Å². The molecule has 1 aliphatic carbocycles.